The number of rotatable bonds is 7. The van der Waals surface area contributed by atoms with Crippen LogP contribution in [0.4, 0.5) is 5.82 Å². The van der Waals surface area contributed by atoms with Gasteiger partial charge in [0.2, 0.25) is 0 Å². The van der Waals surface area contributed by atoms with E-state index in [4.69, 9.17) is 9.39 Å². The van der Waals surface area contributed by atoms with E-state index in [9.17, 15) is 14.6 Å². The normalized spacial score (nSPS) is 13.7. The van der Waals surface area contributed by atoms with Crippen molar-refractivity contribution in [3.05, 3.63) is 46.9 Å². The molecule has 3 rings (SSSR count). The lowest BCUT2D eigenvalue weighted by Gasteiger charge is -2.22. The quantitative estimate of drug-likeness (QED) is 0.488. The highest BCUT2D eigenvalue weighted by Crippen LogP contribution is 2.17. The van der Waals surface area contributed by atoms with Crippen LogP contribution >= 0.6 is 0 Å². The van der Waals surface area contributed by atoms with Gasteiger partial charge in [0.1, 0.15) is 18.5 Å². The second-order valence-electron chi connectivity index (χ2n) is 8.04. The monoisotopic (exact) mass is 426 g/mol. The molecule has 0 fully saturated rings. The Morgan fingerprint density at radius 2 is 2.06 bits per heavy atom. The van der Waals surface area contributed by atoms with Crippen molar-refractivity contribution in [2.75, 3.05) is 19.0 Å². The van der Waals surface area contributed by atoms with Gasteiger partial charge in [-0.25, -0.2) is 9.78 Å². The van der Waals surface area contributed by atoms with Crippen molar-refractivity contribution >= 4 is 30.3 Å². The molecule has 1 amide bonds. The van der Waals surface area contributed by atoms with Crippen molar-refractivity contribution in [1.82, 2.24) is 15.3 Å². The van der Waals surface area contributed by atoms with Gasteiger partial charge in [-0.15, -0.1) is 0 Å². The molecule has 10 heteroatoms. The second kappa shape index (κ2) is 9.44. The predicted molar refractivity (Wildman–Crippen MR) is 116 cm³/mol. The third kappa shape index (κ3) is 5.03. The van der Waals surface area contributed by atoms with E-state index in [1.807, 2.05) is 27.9 Å². The van der Waals surface area contributed by atoms with E-state index in [1.165, 1.54) is 6.20 Å². The average Bonchev–Trinajstić information content (AvgIpc) is 3.12. The van der Waals surface area contributed by atoms with Crippen molar-refractivity contribution in [3.63, 3.8) is 0 Å². The first kappa shape index (κ1) is 22.7. The van der Waals surface area contributed by atoms with Gasteiger partial charge in [-0.2, -0.15) is 0 Å². The van der Waals surface area contributed by atoms with E-state index in [0.717, 1.165) is 5.56 Å². The molecular formula is C21H27BN4O5. The highest BCUT2D eigenvalue weighted by Gasteiger charge is 2.32. The summed E-state index contributed by atoms with van der Waals surface area (Å²) in [7, 11) is 2.64. The molecule has 31 heavy (non-hydrogen) atoms. The van der Waals surface area contributed by atoms with Gasteiger partial charge >= 0.3 is 13.1 Å². The standard InChI is InChI=1S/C21H27BN4O5/c1-12(2)19(21(28)30-11-15-8-23-9-17(24-15)26(4)5)25-20(27)16-7-6-14-10-31-22(29)18(14)13(16)3/h6-9,12,19,29H,10-11H2,1-5H3,(H,25,27)/t19-/m0/s1. The van der Waals surface area contributed by atoms with Gasteiger partial charge in [0.05, 0.1) is 24.7 Å². The minimum absolute atomic E-state index is 0.0476. The largest absolute Gasteiger partial charge is 0.492 e. The third-order valence-corrected chi connectivity index (χ3v) is 5.19. The molecule has 0 unspecified atom stereocenters. The van der Waals surface area contributed by atoms with Gasteiger partial charge in [-0.1, -0.05) is 19.9 Å². The maximum Gasteiger partial charge on any atom is 0.492 e. The summed E-state index contributed by atoms with van der Waals surface area (Å²) in [4.78, 5) is 35.9. The third-order valence-electron chi connectivity index (χ3n) is 5.19. The molecule has 0 spiro atoms. The molecule has 1 aliphatic rings. The molecule has 2 N–H and O–H groups in total. The number of hydrogen-bond acceptors (Lipinski definition) is 8. The van der Waals surface area contributed by atoms with Crippen LogP contribution in [0, 0.1) is 12.8 Å². The minimum Gasteiger partial charge on any atom is -0.458 e. The van der Waals surface area contributed by atoms with Crippen LogP contribution in [0.3, 0.4) is 0 Å². The Labute approximate surface area is 181 Å². The summed E-state index contributed by atoms with van der Waals surface area (Å²) in [6, 6.07) is 2.59. The highest BCUT2D eigenvalue weighted by molar-refractivity contribution is 6.62. The maximum atomic E-state index is 12.9. The van der Waals surface area contributed by atoms with Crippen LogP contribution in [0.2, 0.25) is 0 Å². The zero-order valence-corrected chi connectivity index (χ0v) is 18.4. The van der Waals surface area contributed by atoms with Crippen LogP contribution in [0.15, 0.2) is 24.5 Å². The van der Waals surface area contributed by atoms with Gasteiger partial charge in [-0.05, 0) is 35.5 Å². The molecule has 1 aliphatic heterocycles. The fraction of sp³-hybridized carbons (Fsp3) is 0.429. The first-order valence-electron chi connectivity index (χ1n) is 10.1. The molecule has 0 aliphatic carbocycles. The van der Waals surface area contributed by atoms with Gasteiger partial charge in [0, 0.05) is 19.7 Å². The summed E-state index contributed by atoms with van der Waals surface area (Å²) < 4.78 is 10.6. The summed E-state index contributed by atoms with van der Waals surface area (Å²) in [5.74, 6) is -0.508. The van der Waals surface area contributed by atoms with Crippen molar-refractivity contribution in [2.24, 2.45) is 5.92 Å². The summed E-state index contributed by atoms with van der Waals surface area (Å²) in [5.41, 5.74) is 2.98. The number of nitrogens with zero attached hydrogens (tertiary/aromatic N) is 3. The number of amides is 1. The van der Waals surface area contributed by atoms with Gasteiger partial charge in [0.25, 0.3) is 5.91 Å². The fourth-order valence-corrected chi connectivity index (χ4v) is 3.38. The van der Waals surface area contributed by atoms with Gasteiger partial charge in [-0.3, -0.25) is 9.78 Å². The molecule has 1 aromatic heterocycles. The smallest absolute Gasteiger partial charge is 0.458 e. The number of esters is 1. The molecule has 0 saturated carbocycles. The van der Waals surface area contributed by atoms with Crippen LogP contribution in [0.5, 0.6) is 0 Å². The Bertz CT molecular complexity index is 982. The Hall–Kier alpha value is -2.98. The molecule has 2 heterocycles. The molecule has 164 valence electrons. The molecule has 1 atom stereocenters. The van der Waals surface area contributed by atoms with Crippen LogP contribution in [0.25, 0.3) is 0 Å². The van der Waals surface area contributed by atoms with Crippen molar-refractivity contribution < 1.29 is 24.0 Å². The predicted octanol–water partition coefficient (Wildman–Crippen LogP) is 0.567. The number of benzene rings is 1. The topological polar surface area (TPSA) is 114 Å². The van der Waals surface area contributed by atoms with E-state index in [2.05, 4.69) is 15.3 Å². The highest BCUT2D eigenvalue weighted by atomic mass is 16.5. The molecule has 2 aromatic rings. The van der Waals surface area contributed by atoms with Crippen LogP contribution in [0.1, 0.15) is 41.0 Å². The number of nitrogens with one attached hydrogen (secondary N) is 1. The van der Waals surface area contributed by atoms with Crippen LogP contribution < -0.4 is 15.7 Å². The Morgan fingerprint density at radius 3 is 2.74 bits per heavy atom. The lowest BCUT2D eigenvalue weighted by molar-refractivity contribution is -0.148. The molecule has 0 radical (unpaired) electrons. The molecule has 0 bridgehead atoms. The van der Waals surface area contributed by atoms with E-state index in [-0.39, 0.29) is 12.5 Å². The maximum absolute atomic E-state index is 12.9. The van der Waals surface area contributed by atoms with E-state index in [0.29, 0.717) is 34.7 Å². The average molecular weight is 426 g/mol. The summed E-state index contributed by atoms with van der Waals surface area (Å²) in [6.07, 6.45) is 3.15. The van der Waals surface area contributed by atoms with Crippen molar-refractivity contribution in [3.8, 4) is 0 Å². The summed E-state index contributed by atoms with van der Waals surface area (Å²) in [5, 5.41) is 12.8. The number of hydrogen-bond donors (Lipinski definition) is 2. The van der Waals surface area contributed by atoms with Crippen molar-refractivity contribution in [2.45, 2.75) is 40.0 Å². The molecule has 9 nitrogen and oxygen atoms in total. The Kier molecular flexibility index (Phi) is 6.92. The zero-order chi connectivity index (χ0) is 22.7. The second-order valence-corrected chi connectivity index (χ2v) is 8.04. The van der Waals surface area contributed by atoms with Crippen molar-refractivity contribution in [1.29, 1.82) is 0 Å². The minimum atomic E-state index is -1.05. The van der Waals surface area contributed by atoms with E-state index >= 15 is 0 Å². The van der Waals surface area contributed by atoms with E-state index < -0.39 is 25.0 Å². The van der Waals surface area contributed by atoms with Crippen LogP contribution in [-0.2, 0) is 27.4 Å². The molecule has 1 aromatic carbocycles. The lowest BCUT2D eigenvalue weighted by atomic mass is 9.75. The number of anilines is 1. The fourth-order valence-electron chi connectivity index (χ4n) is 3.38. The SMILES string of the molecule is Cc1c(C(=O)N[C@H](C(=O)OCc2cncc(N(C)C)n2)C(C)C)ccc2c1B(O)OC2. The van der Waals surface area contributed by atoms with Gasteiger partial charge in [0.15, 0.2) is 0 Å². The molecule has 0 saturated heterocycles. The number of carbonyl (C=O) groups is 2. The Balaban J connectivity index is 1.70. The summed E-state index contributed by atoms with van der Waals surface area (Å²) in [6.45, 7) is 5.66. The number of carbonyl (C=O) groups excluding carboxylic acids is 2. The Morgan fingerprint density at radius 1 is 1.32 bits per heavy atom. The number of aromatic nitrogens is 2. The first-order chi connectivity index (χ1) is 14.7. The van der Waals surface area contributed by atoms with Crippen LogP contribution in [-0.4, -0.2) is 54.1 Å². The number of ether oxygens (including phenoxy) is 1. The molecular weight excluding hydrogens is 399 g/mol. The zero-order valence-electron chi connectivity index (χ0n) is 18.4. The number of fused-ring (bicyclic) bond motifs is 1. The first-order valence-corrected chi connectivity index (χ1v) is 10.1. The van der Waals surface area contributed by atoms with Gasteiger partial charge < -0.3 is 24.6 Å². The summed E-state index contributed by atoms with van der Waals surface area (Å²) >= 11 is 0. The lowest BCUT2D eigenvalue weighted by Crippen LogP contribution is -2.46. The van der Waals surface area contributed by atoms with E-state index in [1.54, 1.807) is 30.2 Å².